The van der Waals surface area contributed by atoms with Crippen molar-refractivity contribution in [3.05, 3.63) is 12.7 Å². The largest absolute Gasteiger partial charge is 0.349 e. The SMILES string of the molecule is C=CCOP(=NC)(N=P(N=P(N=P(N=P(C)(O)OCC)(OCC)OCC)(OCC)OCC)(OCC)OCC)OCC. The van der Waals surface area contributed by atoms with E-state index >= 15 is 0 Å². The minimum atomic E-state index is -3.75. The monoisotopic (exact) mass is 689 g/mol. The van der Waals surface area contributed by atoms with Gasteiger partial charge in [0.15, 0.2) is 0 Å². The molecule has 0 aromatic carbocycles. The summed E-state index contributed by atoms with van der Waals surface area (Å²) in [5.41, 5.74) is 0. The first-order valence-corrected chi connectivity index (χ1v) is 21.8. The van der Waals surface area contributed by atoms with Gasteiger partial charge in [-0.25, -0.2) is 4.74 Å². The summed E-state index contributed by atoms with van der Waals surface area (Å²) in [5, 5.41) is 0. The highest BCUT2D eigenvalue weighted by molar-refractivity contribution is 7.75. The predicted molar refractivity (Wildman–Crippen MR) is 170 cm³/mol. The van der Waals surface area contributed by atoms with Gasteiger partial charge in [-0.1, -0.05) is 6.08 Å². The Balaban J connectivity index is 8.32. The van der Waals surface area contributed by atoms with Crippen molar-refractivity contribution in [1.82, 2.24) is 0 Å². The standard InChI is InChI=1S/C21H52N5O10P5/c1-12-21-36-38(22-10,29-14-3)24-40(32-17-6,33-18-7)26-41(34-19-8,35-20-9)25-39(30-15-4,31-16-5)23-37(11,27)28-13-2/h12,27H,1,13-21H2,2-11H3. The maximum absolute atomic E-state index is 11.0. The molecule has 20 heteroatoms. The van der Waals surface area contributed by atoms with Crippen molar-refractivity contribution in [3.8, 4) is 0 Å². The first kappa shape index (κ1) is 41.5. The van der Waals surface area contributed by atoms with E-state index in [1.807, 2.05) is 0 Å². The maximum Gasteiger partial charge on any atom is 0.349 e. The topological polar surface area (TPSA) is 165 Å². The van der Waals surface area contributed by atoms with Crippen LogP contribution in [0.1, 0.15) is 55.4 Å². The summed E-state index contributed by atoms with van der Waals surface area (Å²) in [6.07, 6.45) is 1.57. The third kappa shape index (κ3) is 14.4. The van der Waals surface area contributed by atoms with E-state index in [4.69, 9.17) is 54.3 Å². The van der Waals surface area contributed by atoms with Gasteiger partial charge >= 0.3 is 30.6 Å². The summed E-state index contributed by atoms with van der Waals surface area (Å²) >= 11 is 0. The average Bonchev–Trinajstić information content (AvgIpc) is 2.88. The summed E-state index contributed by atoms with van der Waals surface area (Å²) < 4.78 is 77.7. The Labute approximate surface area is 247 Å². The number of hydrogen-bond donors (Lipinski definition) is 1. The lowest BCUT2D eigenvalue weighted by molar-refractivity contribution is 0.241. The zero-order chi connectivity index (χ0) is 31.5. The summed E-state index contributed by atoms with van der Waals surface area (Å²) in [7, 11) is -16.1. The van der Waals surface area contributed by atoms with Gasteiger partial charge in [-0.2, -0.15) is 4.52 Å². The van der Waals surface area contributed by atoms with Gasteiger partial charge in [0, 0.05) is 13.7 Å². The molecule has 15 nitrogen and oxygen atoms in total. The molecular weight excluding hydrogens is 637 g/mol. The summed E-state index contributed by atoms with van der Waals surface area (Å²) in [6.45, 7) is 20.9. The van der Waals surface area contributed by atoms with Crippen LogP contribution in [0, 0.1) is 0 Å². The normalized spacial score (nSPS) is 15.5. The van der Waals surface area contributed by atoms with Crippen LogP contribution in [0.4, 0.5) is 0 Å². The highest BCUT2D eigenvalue weighted by atomic mass is 31.3. The second kappa shape index (κ2) is 21.3. The third-order valence-corrected chi connectivity index (χ3v) is 17.6. The van der Waals surface area contributed by atoms with Gasteiger partial charge in [0.2, 0.25) is 7.51 Å². The van der Waals surface area contributed by atoms with E-state index in [9.17, 15) is 4.89 Å². The van der Waals surface area contributed by atoms with Gasteiger partial charge in [0.1, 0.15) is 0 Å². The van der Waals surface area contributed by atoms with Crippen molar-refractivity contribution in [2.75, 3.05) is 73.2 Å². The van der Waals surface area contributed by atoms with Crippen molar-refractivity contribution in [2.45, 2.75) is 55.4 Å². The van der Waals surface area contributed by atoms with E-state index in [2.05, 4.69) is 15.8 Å². The second-order valence-corrected chi connectivity index (χ2v) is 18.5. The molecule has 0 aromatic heterocycles. The summed E-state index contributed by atoms with van der Waals surface area (Å²) in [6, 6.07) is 0. The molecule has 0 aromatic rings. The van der Waals surface area contributed by atoms with Gasteiger partial charge in [0.05, 0.1) is 59.5 Å². The molecule has 0 radical (unpaired) electrons. The van der Waals surface area contributed by atoms with Gasteiger partial charge in [-0.05, 0) is 55.4 Å². The zero-order valence-electron chi connectivity index (χ0n) is 26.2. The lowest BCUT2D eigenvalue weighted by atomic mass is 10.7. The van der Waals surface area contributed by atoms with Crippen molar-refractivity contribution in [1.29, 1.82) is 0 Å². The minimum Gasteiger partial charge on any atom is -0.339 e. The smallest absolute Gasteiger partial charge is 0.339 e. The van der Waals surface area contributed by atoms with E-state index in [1.165, 1.54) is 6.66 Å². The van der Waals surface area contributed by atoms with E-state index in [-0.39, 0.29) is 59.5 Å². The average molecular weight is 690 g/mol. The van der Waals surface area contributed by atoms with Crippen molar-refractivity contribution in [2.24, 2.45) is 22.8 Å². The molecule has 0 amide bonds. The molecule has 0 fully saturated rings. The van der Waals surface area contributed by atoms with Crippen LogP contribution in [-0.4, -0.2) is 78.1 Å². The fourth-order valence-corrected chi connectivity index (χ4v) is 16.5. The Morgan fingerprint density at radius 2 is 0.805 bits per heavy atom. The van der Waals surface area contributed by atoms with Gasteiger partial charge in [0.25, 0.3) is 0 Å². The fraction of sp³-hybridized carbons (Fsp3) is 0.905. The quantitative estimate of drug-likeness (QED) is 0.0806. The van der Waals surface area contributed by atoms with Crippen LogP contribution in [0.15, 0.2) is 35.5 Å². The number of nitrogens with zero attached hydrogens (tertiary/aromatic N) is 5. The summed E-state index contributed by atoms with van der Waals surface area (Å²) in [5.74, 6) is 0. The summed E-state index contributed by atoms with van der Waals surface area (Å²) in [4.78, 5) is 11.0. The van der Waals surface area contributed by atoms with Crippen LogP contribution in [-0.2, 0) is 40.7 Å². The molecule has 0 spiro atoms. The fourth-order valence-electron chi connectivity index (χ4n) is 2.96. The first-order valence-electron chi connectivity index (χ1n) is 13.6. The van der Waals surface area contributed by atoms with Gasteiger partial charge in [-0.15, -0.1) is 20.1 Å². The molecule has 2 unspecified atom stereocenters. The lowest BCUT2D eigenvalue weighted by Gasteiger charge is -2.29. The third-order valence-electron chi connectivity index (χ3n) is 4.03. The van der Waals surface area contributed by atoms with E-state index < -0.39 is 38.1 Å². The molecule has 0 aliphatic carbocycles. The molecule has 1 N–H and O–H groups in total. The predicted octanol–water partition coefficient (Wildman–Crippen LogP) is 9.55. The Bertz CT molecular complexity index is 1020. The molecule has 0 aliphatic rings. The van der Waals surface area contributed by atoms with Crippen molar-refractivity contribution < 1.29 is 45.6 Å². The van der Waals surface area contributed by atoms with E-state index in [0.717, 1.165) is 0 Å². The lowest BCUT2D eigenvalue weighted by Crippen LogP contribution is -2.02. The maximum atomic E-state index is 11.0. The molecule has 0 saturated carbocycles. The Morgan fingerprint density at radius 1 is 0.512 bits per heavy atom. The molecule has 0 bridgehead atoms. The molecule has 0 saturated heterocycles. The van der Waals surface area contributed by atoms with Crippen molar-refractivity contribution in [3.63, 3.8) is 0 Å². The second-order valence-electron chi connectivity index (χ2n) is 7.28. The van der Waals surface area contributed by atoms with Crippen LogP contribution in [0.5, 0.6) is 0 Å². The Hall–Kier alpha value is 0.490. The first-order chi connectivity index (χ1) is 19.4. The molecule has 2 atom stereocenters. The molecule has 0 rings (SSSR count). The van der Waals surface area contributed by atoms with Crippen LogP contribution in [0.25, 0.3) is 0 Å². The molecule has 0 heterocycles. The van der Waals surface area contributed by atoms with Crippen LogP contribution in [0.2, 0.25) is 0 Å². The van der Waals surface area contributed by atoms with Gasteiger partial charge < -0.3 is 45.6 Å². The molecule has 0 aliphatic heterocycles. The molecule has 246 valence electrons. The highest BCUT2D eigenvalue weighted by Crippen LogP contribution is 2.76. The Kier molecular flexibility index (Phi) is 21.5. The highest BCUT2D eigenvalue weighted by Gasteiger charge is 2.38. The molecular formula is C21H52N5O10P5. The zero-order valence-corrected chi connectivity index (χ0v) is 30.7. The number of rotatable bonds is 23. The van der Waals surface area contributed by atoms with E-state index in [0.29, 0.717) is 0 Å². The molecule has 41 heavy (non-hydrogen) atoms. The number of hydrogen-bond acceptors (Lipinski definition) is 10. The Morgan fingerprint density at radius 3 is 1.10 bits per heavy atom. The van der Waals surface area contributed by atoms with Crippen molar-refractivity contribution >= 4 is 38.1 Å². The van der Waals surface area contributed by atoms with Gasteiger partial charge in [-0.3, -0.25) is 0 Å². The van der Waals surface area contributed by atoms with Crippen LogP contribution in [0.3, 0.4) is 0 Å². The van der Waals surface area contributed by atoms with Crippen LogP contribution < -0.4 is 0 Å². The van der Waals surface area contributed by atoms with E-state index in [1.54, 1.807) is 68.5 Å². The minimum absolute atomic E-state index is 0.118. The van der Waals surface area contributed by atoms with Crippen LogP contribution >= 0.6 is 38.1 Å².